The molecule has 0 aliphatic carbocycles. The van der Waals surface area contributed by atoms with Gasteiger partial charge in [-0.2, -0.15) is 0 Å². The maximum atomic E-state index is 2.46. The van der Waals surface area contributed by atoms with Gasteiger partial charge in [0.25, 0.3) is 0 Å². The third kappa shape index (κ3) is 3.85. The third-order valence-electron chi connectivity index (χ3n) is 10.7. The lowest BCUT2D eigenvalue weighted by molar-refractivity contribution is 1.18. The molecule has 0 spiro atoms. The van der Waals surface area contributed by atoms with Crippen molar-refractivity contribution in [1.29, 1.82) is 0 Å². The number of nitrogens with zero attached hydrogens (tertiary/aromatic N) is 2. The normalized spacial score (nSPS) is 12.0. The average Bonchev–Trinajstić information content (AvgIpc) is 3.70. The first kappa shape index (κ1) is 27.3. The largest absolute Gasteiger partial charge is 0.309 e. The Morgan fingerprint density at radius 1 is 0.220 bits per heavy atom. The molecule has 0 bridgehead atoms. The van der Waals surface area contributed by atoms with Crippen molar-refractivity contribution in [3.8, 4) is 22.5 Å². The van der Waals surface area contributed by atoms with E-state index in [1.54, 1.807) is 0 Å². The predicted molar refractivity (Wildman–Crippen MR) is 213 cm³/mol. The van der Waals surface area contributed by atoms with Crippen molar-refractivity contribution in [1.82, 2.24) is 9.13 Å². The molecule has 0 N–H and O–H groups in total. The van der Waals surface area contributed by atoms with Crippen LogP contribution in [-0.4, -0.2) is 9.13 Å². The summed E-state index contributed by atoms with van der Waals surface area (Å²) in [4.78, 5) is 0. The molecule has 50 heavy (non-hydrogen) atoms. The van der Waals surface area contributed by atoms with Crippen molar-refractivity contribution in [3.05, 3.63) is 182 Å². The molecule has 0 saturated carbocycles. The molecule has 0 unspecified atom stereocenters. The van der Waals surface area contributed by atoms with E-state index in [4.69, 9.17) is 0 Å². The first-order valence-electron chi connectivity index (χ1n) is 17.3. The SMILES string of the molecule is c1ccc(-n2c3ccccc3c3cc(-c4ccc5c6ccccc6n(-c6ccc7c8ccccc8c8ccccc8c7c6)c5c4)ccc32)cc1. The van der Waals surface area contributed by atoms with Crippen molar-refractivity contribution >= 4 is 75.9 Å². The summed E-state index contributed by atoms with van der Waals surface area (Å²) in [6, 6.07) is 66.8. The second-order valence-corrected chi connectivity index (χ2v) is 13.3. The molecule has 0 fully saturated rings. The Bertz CT molecular complexity index is 3110. The zero-order valence-electron chi connectivity index (χ0n) is 27.2. The van der Waals surface area contributed by atoms with E-state index in [2.05, 4.69) is 191 Å². The number of aromatic nitrogens is 2. The molecule has 0 aliphatic rings. The maximum absolute atomic E-state index is 2.46. The molecule has 232 valence electrons. The standard InChI is InChI=1S/C48H30N2/c1-2-12-33(13-3-1)49-46-21-11-9-19-41(46)44-28-31(23-27-47(44)49)32-22-25-42-40-18-8-10-20-45(40)50(48(42)29-32)34-24-26-39-37-16-5-4-14-35(37)36-15-6-7-17-38(36)43(39)30-34/h1-30H. The predicted octanol–water partition coefficient (Wildman–Crippen LogP) is 13.0. The summed E-state index contributed by atoms with van der Waals surface area (Å²) in [5.41, 5.74) is 9.62. The quantitative estimate of drug-likeness (QED) is 0.171. The number of para-hydroxylation sites is 3. The van der Waals surface area contributed by atoms with Gasteiger partial charge in [-0.25, -0.2) is 0 Å². The van der Waals surface area contributed by atoms with E-state index in [0.717, 1.165) is 0 Å². The van der Waals surface area contributed by atoms with Gasteiger partial charge in [0.2, 0.25) is 0 Å². The fraction of sp³-hybridized carbons (Fsp3) is 0. The number of rotatable bonds is 3. The molecule has 0 saturated heterocycles. The smallest absolute Gasteiger partial charge is 0.0547 e. The van der Waals surface area contributed by atoms with Gasteiger partial charge in [-0.3, -0.25) is 0 Å². The van der Waals surface area contributed by atoms with Gasteiger partial charge in [0.1, 0.15) is 0 Å². The molecule has 2 nitrogen and oxygen atoms in total. The Kier molecular flexibility index (Phi) is 5.70. The first-order chi connectivity index (χ1) is 24.8. The zero-order valence-corrected chi connectivity index (χ0v) is 27.2. The Morgan fingerprint density at radius 3 is 1.34 bits per heavy atom. The highest BCUT2D eigenvalue weighted by Crippen LogP contribution is 2.40. The molecule has 2 aromatic heterocycles. The fourth-order valence-electron chi connectivity index (χ4n) is 8.47. The molecule has 0 aliphatic heterocycles. The maximum Gasteiger partial charge on any atom is 0.0547 e. The van der Waals surface area contributed by atoms with Crippen LogP contribution in [0.2, 0.25) is 0 Å². The van der Waals surface area contributed by atoms with Crippen LogP contribution < -0.4 is 0 Å². The minimum Gasteiger partial charge on any atom is -0.309 e. The van der Waals surface area contributed by atoms with Gasteiger partial charge < -0.3 is 9.13 Å². The summed E-state index contributed by atoms with van der Waals surface area (Å²) < 4.78 is 4.83. The summed E-state index contributed by atoms with van der Waals surface area (Å²) in [6.07, 6.45) is 0. The highest BCUT2D eigenvalue weighted by Gasteiger charge is 2.17. The molecule has 11 aromatic rings. The van der Waals surface area contributed by atoms with Crippen LogP contribution in [0.4, 0.5) is 0 Å². The van der Waals surface area contributed by atoms with Crippen molar-refractivity contribution < 1.29 is 0 Å². The number of benzene rings is 9. The zero-order chi connectivity index (χ0) is 32.8. The van der Waals surface area contributed by atoms with E-state index in [9.17, 15) is 0 Å². The van der Waals surface area contributed by atoms with Gasteiger partial charge in [-0.1, -0.05) is 127 Å². The van der Waals surface area contributed by atoms with E-state index in [0.29, 0.717) is 0 Å². The second-order valence-electron chi connectivity index (χ2n) is 13.3. The fourth-order valence-corrected chi connectivity index (χ4v) is 8.47. The van der Waals surface area contributed by atoms with Crippen LogP contribution in [0.5, 0.6) is 0 Å². The van der Waals surface area contributed by atoms with Crippen LogP contribution in [0.15, 0.2) is 182 Å². The molecule has 0 amide bonds. The Balaban J connectivity index is 1.15. The minimum atomic E-state index is 1.17. The van der Waals surface area contributed by atoms with Crippen LogP contribution in [0.1, 0.15) is 0 Å². The average molecular weight is 635 g/mol. The van der Waals surface area contributed by atoms with Crippen LogP contribution in [0, 0.1) is 0 Å². The minimum absolute atomic E-state index is 1.17. The lowest BCUT2D eigenvalue weighted by Gasteiger charge is -2.14. The van der Waals surface area contributed by atoms with Gasteiger partial charge in [0.05, 0.1) is 22.1 Å². The summed E-state index contributed by atoms with van der Waals surface area (Å²) >= 11 is 0. The van der Waals surface area contributed by atoms with Gasteiger partial charge in [0, 0.05) is 32.9 Å². The van der Waals surface area contributed by atoms with Gasteiger partial charge in [0.15, 0.2) is 0 Å². The Hall–Kier alpha value is -6.64. The lowest BCUT2D eigenvalue weighted by atomic mass is 9.94. The number of fused-ring (bicyclic) bond motifs is 12. The van der Waals surface area contributed by atoms with E-state index in [1.165, 1.54) is 98.4 Å². The lowest BCUT2D eigenvalue weighted by Crippen LogP contribution is -1.95. The summed E-state index contributed by atoms with van der Waals surface area (Å²) in [5, 5.41) is 12.8. The van der Waals surface area contributed by atoms with Crippen molar-refractivity contribution in [3.63, 3.8) is 0 Å². The van der Waals surface area contributed by atoms with E-state index >= 15 is 0 Å². The van der Waals surface area contributed by atoms with E-state index in [-0.39, 0.29) is 0 Å². The van der Waals surface area contributed by atoms with Crippen LogP contribution >= 0.6 is 0 Å². The molecule has 0 atom stereocenters. The molecule has 0 radical (unpaired) electrons. The number of hydrogen-bond donors (Lipinski definition) is 0. The van der Waals surface area contributed by atoms with Crippen LogP contribution in [-0.2, 0) is 0 Å². The topological polar surface area (TPSA) is 9.86 Å². The molecule has 2 heterocycles. The monoisotopic (exact) mass is 634 g/mol. The summed E-state index contributed by atoms with van der Waals surface area (Å²) in [6.45, 7) is 0. The molecule has 2 heteroatoms. The van der Waals surface area contributed by atoms with Crippen LogP contribution in [0.25, 0.3) is 98.4 Å². The van der Waals surface area contributed by atoms with Gasteiger partial charge >= 0.3 is 0 Å². The van der Waals surface area contributed by atoms with Crippen molar-refractivity contribution in [2.24, 2.45) is 0 Å². The highest BCUT2D eigenvalue weighted by atomic mass is 15.0. The molecular weight excluding hydrogens is 605 g/mol. The summed E-state index contributed by atoms with van der Waals surface area (Å²) in [5.74, 6) is 0. The summed E-state index contributed by atoms with van der Waals surface area (Å²) in [7, 11) is 0. The number of hydrogen-bond acceptors (Lipinski definition) is 0. The highest BCUT2D eigenvalue weighted by molar-refractivity contribution is 6.25. The second kappa shape index (κ2) is 10.4. The molecular formula is C48H30N2. The Labute approximate surface area is 288 Å². The van der Waals surface area contributed by atoms with Crippen LogP contribution in [0.3, 0.4) is 0 Å². The third-order valence-corrected chi connectivity index (χ3v) is 10.7. The molecule has 9 aromatic carbocycles. The van der Waals surface area contributed by atoms with Crippen molar-refractivity contribution in [2.45, 2.75) is 0 Å². The van der Waals surface area contributed by atoms with E-state index < -0.39 is 0 Å². The van der Waals surface area contributed by atoms with E-state index in [1.807, 2.05) is 0 Å². The molecule has 11 rings (SSSR count). The Morgan fingerprint density at radius 2 is 0.660 bits per heavy atom. The van der Waals surface area contributed by atoms with Gasteiger partial charge in [-0.05, 0) is 98.0 Å². The van der Waals surface area contributed by atoms with Gasteiger partial charge in [-0.15, -0.1) is 0 Å². The van der Waals surface area contributed by atoms with Crippen molar-refractivity contribution in [2.75, 3.05) is 0 Å². The first-order valence-corrected chi connectivity index (χ1v) is 17.3.